The van der Waals surface area contributed by atoms with E-state index >= 15 is 0 Å². The van der Waals surface area contributed by atoms with E-state index in [-0.39, 0.29) is 29.9 Å². The zero-order valence-corrected chi connectivity index (χ0v) is 15.6. The highest BCUT2D eigenvalue weighted by Crippen LogP contribution is 2.24. The second kappa shape index (κ2) is 7.19. The number of nitrogens with zero attached hydrogens (tertiary/aromatic N) is 2. The standard InChI is InChI=1S/C19H21N3O4S/c23-19(20-11-15-4-3-8-26-15)12-22-17-6-2-1-5-16(17)21-18(22)10-14-7-9-27(24,25)13-14/h1-6,8,14H,7,9-13H2,(H,20,23). The van der Waals surface area contributed by atoms with Gasteiger partial charge in [0.1, 0.15) is 18.1 Å². The van der Waals surface area contributed by atoms with Gasteiger partial charge in [-0.25, -0.2) is 13.4 Å². The van der Waals surface area contributed by atoms with Gasteiger partial charge in [-0.1, -0.05) is 12.1 Å². The molecule has 1 amide bonds. The fourth-order valence-corrected chi connectivity index (χ4v) is 5.41. The van der Waals surface area contributed by atoms with Crippen LogP contribution in [0.4, 0.5) is 0 Å². The van der Waals surface area contributed by atoms with Gasteiger partial charge in [0.05, 0.1) is 35.3 Å². The van der Waals surface area contributed by atoms with Crippen molar-refractivity contribution >= 4 is 26.8 Å². The van der Waals surface area contributed by atoms with Crippen molar-refractivity contribution < 1.29 is 17.6 Å². The molecule has 1 aliphatic heterocycles. The number of fused-ring (bicyclic) bond motifs is 1. The summed E-state index contributed by atoms with van der Waals surface area (Å²) in [5.74, 6) is 1.79. The van der Waals surface area contributed by atoms with Gasteiger partial charge in [-0.05, 0) is 36.6 Å². The van der Waals surface area contributed by atoms with Crippen molar-refractivity contribution in [3.8, 4) is 0 Å². The Kier molecular flexibility index (Phi) is 4.73. The quantitative estimate of drug-likeness (QED) is 0.697. The van der Waals surface area contributed by atoms with Crippen LogP contribution in [-0.2, 0) is 34.1 Å². The van der Waals surface area contributed by atoms with Crippen molar-refractivity contribution in [1.29, 1.82) is 0 Å². The molecule has 1 saturated heterocycles. The number of carbonyl (C=O) groups excluding carboxylic acids is 1. The first-order valence-corrected chi connectivity index (χ1v) is 10.8. The molecule has 2 aromatic heterocycles. The molecule has 142 valence electrons. The molecule has 1 atom stereocenters. The summed E-state index contributed by atoms with van der Waals surface area (Å²) in [6.07, 6.45) is 2.77. The molecule has 7 nitrogen and oxygen atoms in total. The number of rotatable bonds is 6. The van der Waals surface area contributed by atoms with Crippen molar-refractivity contribution in [3.05, 3.63) is 54.2 Å². The molecule has 1 N–H and O–H groups in total. The van der Waals surface area contributed by atoms with Crippen LogP contribution in [0.15, 0.2) is 47.1 Å². The summed E-state index contributed by atoms with van der Waals surface area (Å²) in [4.78, 5) is 17.1. The largest absolute Gasteiger partial charge is 0.467 e. The molecule has 0 radical (unpaired) electrons. The maximum Gasteiger partial charge on any atom is 0.240 e. The van der Waals surface area contributed by atoms with Crippen molar-refractivity contribution in [2.45, 2.75) is 25.9 Å². The van der Waals surface area contributed by atoms with Crippen molar-refractivity contribution in [1.82, 2.24) is 14.9 Å². The number of furan rings is 1. The number of carbonyl (C=O) groups is 1. The van der Waals surface area contributed by atoms with Gasteiger partial charge < -0.3 is 14.3 Å². The van der Waals surface area contributed by atoms with Crippen LogP contribution in [0, 0.1) is 5.92 Å². The second-order valence-electron chi connectivity index (χ2n) is 6.93. The Morgan fingerprint density at radius 3 is 2.85 bits per heavy atom. The van der Waals surface area contributed by atoms with Gasteiger partial charge in [-0.3, -0.25) is 4.79 Å². The Hall–Kier alpha value is -2.61. The summed E-state index contributed by atoms with van der Waals surface area (Å²) in [6, 6.07) is 11.2. The minimum absolute atomic E-state index is 0.0525. The minimum Gasteiger partial charge on any atom is -0.467 e. The lowest BCUT2D eigenvalue weighted by atomic mass is 10.1. The van der Waals surface area contributed by atoms with Crippen LogP contribution in [0.1, 0.15) is 18.0 Å². The third kappa shape index (κ3) is 4.05. The number of imidazole rings is 1. The average molecular weight is 387 g/mol. The Balaban J connectivity index is 1.53. The molecule has 0 spiro atoms. The smallest absolute Gasteiger partial charge is 0.240 e. The molecule has 0 aliphatic carbocycles. The van der Waals surface area contributed by atoms with Crippen LogP contribution in [0.3, 0.4) is 0 Å². The average Bonchev–Trinajstić information content (AvgIpc) is 3.34. The number of para-hydroxylation sites is 2. The molecular weight excluding hydrogens is 366 g/mol. The van der Waals surface area contributed by atoms with Gasteiger partial charge in [-0.15, -0.1) is 0 Å². The SMILES string of the molecule is O=C(Cn1c(CC2CCS(=O)(=O)C2)nc2ccccc21)NCc1ccco1. The maximum absolute atomic E-state index is 12.4. The van der Waals surface area contributed by atoms with Gasteiger partial charge in [0, 0.05) is 6.42 Å². The summed E-state index contributed by atoms with van der Waals surface area (Å²) in [6.45, 7) is 0.463. The van der Waals surface area contributed by atoms with Gasteiger partial charge >= 0.3 is 0 Å². The normalized spacial score (nSPS) is 18.7. The number of hydrogen-bond donors (Lipinski definition) is 1. The molecule has 27 heavy (non-hydrogen) atoms. The summed E-state index contributed by atoms with van der Waals surface area (Å²) >= 11 is 0. The van der Waals surface area contributed by atoms with Crippen molar-refractivity contribution in [2.24, 2.45) is 5.92 Å². The number of sulfone groups is 1. The summed E-state index contributed by atoms with van der Waals surface area (Å²) in [5, 5.41) is 2.84. The highest BCUT2D eigenvalue weighted by Gasteiger charge is 2.29. The van der Waals surface area contributed by atoms with E-state index in [1.165, 1.54) is 0 Å². The lowest BCUT2D eigenvalue weighted by Crippen LogP contribution is -2.28. The highest BCUT2D eigenvalue weighted by atomic mass is 32.2. The molecule has 0 bridgehead atoms. The topological polar surface area (TPSA) is 94.2 Å². The summed E-state index contributed by atoms with van der Waals surface area (Å²) in [7, 11) is -2.94. The lowest BCUT2D eigenvalue weighted by Gasteiger charge is -2.12. The number of nitrogens with one attached hydrogen (secondary N) is 1. The molecule has 1 unspecified atom stereocenters. The van der Waals surface area contributed by atoms with Crippen LogP contribution < -0.4 is 5.32 Å². The van der Waals surface area contributed by atoms with Crippen molar-refractivity contribution in [2.75, 3.05) is 11.5 Å². The van der Waals surface area contributed by atoms with E-state index in [2.05, 4.69) is 10.3 Å². The van der Waals surface area contributed by atoms with Crippen LogP contribution in [0.5, 0.6) is 0 Å². The van der Waals surface area contributed by atoms with Crippen LogP contribution in [0.2, 0.25) is 0 Å². The first kappa shape index (κ1) is 17.8. The lowest BCUT2D eigenvalue weighted by molar-refractivity contribution is -0.121. The monoisotopic (exact) mass is 387 g/mol. The molecular formula is C19H21N3O4S. The molecule has 1 aliphatic rings. The second-order valence-corrected chi connectivity index (χ2v) is 9.16. The third-order valence-corrected chi connectivity index (χ3v) is 6.71. The van der Waals surface area contributed by atoms with Gasteiger partial charge in [0.2, 0.25) is 5.91 Å². The number of hydrogen-bond acceptors (Lipinski definition) is 5. The predicted octanol–water partition coefficient (Wildman–Crippen LogP) is 1.92. The molecule has 8 heteroatoms. The van der Waals surface area contributed by atoms with E-state index in [1.807, 2.05) is 28.8 Å². The number of amides is 1. The summed E-state index contributed by atoms with van der Waals surface area (Å²) < 4.78 is 30.6. The third-order valence-electron chi connectivity index (χ3n) is 4.87. The predicted molar refractivity (Wildman–Crippen MR) is 101 cm³/mol. The van der Waals surface area contributed by atoms with E-state index in [0.29, 0.717) is 25.1 Å². The van der Waals surface area contributed by atoms with E-state index in [9.17, 15) is 13.2 Å². The highest BCUT2D eigenvalue weighted by molar-refractivity contribution is 7.91. The van der Waals surface area contributed by atoms with Crippen LogP contribution in [-0.4, -0.2) is 35.4 Å². The molecule has 1 fully saturated rings. The van der Waals surface area contributed by atoms with Gasteiger partial charge in [0.15, 0.2) is 9.84 Å². The van der Waals surface area contributed by atoms with E-state index in [4.69, 9.17) is 4.42 Å². The van der Waals surface area contributed by atoms with Crippen molar-refractivity contribution in [3.63, 3.8) is 0 Å². The fourth-order valence-electron chi connectivity index (χ4n) is 3.55. The Bertz CT molecular complexity index is 1050. The summed E-state index contributed by atoms with van der Waals surface area (Å²) in [5.41, 5.74) is 1.69. The fraction of sp³-hybridized carbons (Fsp3) is 0.368. The Morgan fingerprint density at radius 1 is 1.26 bits per heavy atom. The first-order chi connectivity index (χ1) is 13.0. The Labute approximate surface area is 157 Å². The van der Waals surface area contributed by atoms with Gasteiger partial charge in [-0.2, -0.15) is 0 Å². The zero-order chi connectivity index (χ0) is 18.9. The molecule has 3 aromatic rings. The molecule has 3 heterocycles. The maximum atomic E-state index is 12.4. The number of aromatic nitrogens is 2. The minimum atomic E-state index is -2.94. The first-order valence-electron chi connectivity index (χ1n) is 8.94. The molecule has 1 aromatic carbocycles. The van der Waals surface area contributed by atoms with Crippen LogP contribution in [0.25, 0.3) is 11.0 Å². The van der Waals surface area contributed by atoms with Crippen LogP contribution >= 0.6 is 0 Å². The van der Waals surface area contributed by atoms with E-state index in [0.717, 1.165) is 16.9 Å². The van der Waals surface area contributed by atoms with Gasteiger partial charge in [0.25, 0.3) is 0 Å². The Morgan fingerprint density at radius 2 is 2.11 bits per heavy atom. The zero-order valence-electron chi connectivity index (χ0n) is 14.8. The molecule has 0 saturated carbocycles. The van der Waals surface area contributed by atoms with E-state index < -0.39 is 9.84 Å². The molecule has 4 rings (SSSR count). The van der Waals surface area contributed by atoms with E-state index in [1.54, 1.807) is 18.4 Å². The number of benzene rings is 1.